The van der Waals surface area contributed by atoms with Crippen molar-refractivity contribution in [3.05, 3.63) is 65.2 Å². The van der Waals surface area contributed by atoms with Crippen molar-refractivity contribution in [3.63, 3.8) is 0 Å². The molecular weight excluding hydrogens is 384 g/mol. The molecule has 2 aromatic carbocycles. The molecule has 1 unspecified atom stereocenters. The molecule has 1 aliphatic rings. The number of carbonyl (C=O) groups excluding carboxylic acids is 4. The van der Waals surface area contributed by atoms with Crippen molar-refractivity contribution in [2.75, 3.05) is 11.9 Å². The molecule has 2 amide bonds. The van der Waals surface area contributed by atoms with Crippen LogP contribution in [-0.4, -0.2) is 41.1 Å². The summed E-state index contributed by atoms with van der Waals surface area (Å²) in [7, 11) is 0. The van der Waals surface area contributed by atoms with Crippen LogP contribution in [0.25, 0.3) is 0 Å². The Hall–Kier alpha value is -3.48. The SMILES string of the molecule is CC(=O)c1cccc(NC(=O)C(C)OC(=O)c2cccc(CN3CCCC3=O)c2)c1. The van der Waals surface area contributed by atoms with Gasteiger partial charge in [-0.2, -0.15) is 0 Å². The summed E-state index contributed by atoms with van der Waals surface area (Å²) in [6.45, 7) is 4.09. The zero-order valence-electron chi connectivity index (χ0n) is 17.0. The number of hydrogen-bond donors (Lipinski definition) is 1. The van der Waals surface area contributed by atoms with Gasteiger partial charge in [0.25, 0.3) is 5.91 Å². The van der Waals surface area contributed by atoms with Crippen molar-refractivity contribution in [2.24, 2.45) is 0 Å². The summed E-state index contributed by atoms with van der Waals surface area (Å²) in [5.74, 6) is -1.11. The lowest BCUT2D eigenvalue weighted by Gasteiger charge is -2.17. The lowest BCUT2D eigenvalue weighted by molar-refractivity contribution is -0.128. The molecule has 1 N–H and O–H groups in total. The number of rotatable bonds is 7. The topological polar surface area (TPSA) is 92.8 Å². The van der Waals surface area contributed by atoms with Gasteiger partial charge in [-0.15, -0.1) is 0 Å². The fourth-order valence-corrected chi connectivity index (χ4v) is 3.23. The first-order chi connectivity index (χ1) is 14.3. The number of esters is 1. The number of nitrogens with zero attached hydrogens (tertiary/aromatic N) is 1. The molecule has 0 radical (unpaired) electrons. The van der Waals surface area contributed by atoms with Gasteiger partial charge in [-0.3, -0.25) is 14.4 Å². The Balaban J connectivity index is 1.60. The third-order valence-corrected chi connectivity index (χ3v) is 4.90. The molecule has 7 heteroatoms. The van der Waals surface area contributed by atoms with Crippen LogP contribution in [0.3, 0.4) is 0 Å². The fraction of sp³-hybridized carbons (Fsp3) is 0.304. The van der Waals surface area contributed by atoms with E-state index in [9.17, 15) is 19.2 Å². The molecule has 1 saturated heterocycles. The average molecular weight is 408 g/mol. The summed E-state index contributed by atoms with van der Waals surface area (Å²) in [6, 6.07) is 13.4. The van der Waals surface area contributed by atoms with Crippen LogP contribution < -0.4 is 5.32 Å². The molecule has 30 heavy (non-hydrogen) atoms. The highest BCUT2D eigenvalue weighted by atomic mass is 16.5. The van der Waals surface area contributed by atoms with Crippen LogP contribution >= 0.6 is 0 Å². The van der Waals surface area contributed by atoms with Gasteiger partial charge in [0.2, 0.25) is 5.91 Å². The highest BCUT2D eigenvalue weighted by Crippen LogP contribution is 2.16. The fourth-order valence-electron chi connectivity index (χ4n) is 3.23. The number of nitrogens with one attached hydrogen (secondary N) is 1. The summed E-state index contributed by atoms with van der Waals surface area (Å²) < 4.78 is 5.30. The maximum atomic E-state index is 12.5. The van der Waals surface area contributed by atoms with E-state index in [2.05, 4.69) is 5.32 Å². The van der Waals surface area contributed by atoms with Crippen molar-refractivity contribution in [3.8, 4) is 0 Å². The van der Waals surface area contributed by atoms with Gasteiger partial charge in [0.1, 0.15) is 0 Å². The lowest BCUT2D eigenvalue weighted by atomic mass is 10.1. The van der Waals surface area contributed by atoms with Crippen molar-refractivity contribution in [1.29, 1.82) is 0 Å². The van der Waals surface area contributed by atoms with E-state index in [0.717, 1.165) is 18.5 Å². The predicted molar refractivity (Wildman–Crippen MR) is 111 cm³/mol. The first-order valence-corrected chi connectivity index (χ1v) is 9.83. The molecule has 0 aromatic heterocycles. The summed E-state index contributed by atoms with van der Waals surface area (Å²) in [6.07, 6.45) is 0.383. The number of carbonyl (C=O) groups is 4. The Morgan fingerprint density at radius 3 is 2.53 bits per heavy atom. The summed E-state index contributed by atoms with van der Waals surface area (Å²) in [5, 5.41) is 2.65. The molecule has 3 rings (SSSR count). The second-order valence-corrected chi connectivity index (χ2v) is 7.29. The van der Waals surface area contributed by atoms with Gasteiger partial charge in [0.05, 0.1) is 5.56 Å². The molecule has 1 fully saturated rings. The Labute approximate surface area is 175 Å². The zero-order chi connectivity index (χ0) is 21.7. The first kappa shape index (κ1) is 21.2. The second kappa shape index (κ2) is 9.35. The Morgan fingerprint density at radius 1 is 1.10 bits per heavy atom. The number of amides is 2. The van der Waals surface area contributed by atoms with E-state index in [1.165, 1.54) is 13.8 Å². The number of ether oxygens (including phenoxy) is 1. The van der Waals surface area contributed by atoms with E-state index in [1.54, 1.807) is 47.4 Å². The number of benzene rings is 2. The standard InChI is InChI=1S/C23H24N2O5/c1-15(26)18-7-4-9-20(13-18)24-22(28)16(2)30-23(29)19-8-3-6-17(12-19)14-25-11-5-10-21(25)27/h3-4,6-9,12-13,16H,5,10-11,14H2,1-2H3,(H,24,28). The molecule has 1 heterocycles. The minimum atomic E-state index is -1.03. The minimum absolute atomic E-state index is 0.110. The number of Topliss-reactive ketones (excluding diaryl/α,β-unsaturated/α-hetero) is 1. The highest BCUT2D eigenvalue weighted by Gasteiger charge is 2.22. The average Bonchev–Trinajstić information content (AvgIpc) is 3.12. The van der Waals surface area contributed by atoms with Crippen LogP contribution in [0.4, 0.5) is 5.69 Å². The maximum absolute atomic E-state index is 12.5. The van der Waals surface area contributed by atoms with E-state index in [0.29, 0.717) is 29.8 Å². The molecule has 1 aliphatic heterocycles. The second-order valence-electron chi connectivity index (χ2n) is 7.29. The monoisotopic (exact) mass is 408 g/mol. The normalized spacial score (nSPS) is 14.3. The van der Waals surface area contributed by atoms with Crippen LogP contribution in [0.15, 0.2) is 48.5 Å². The Morgan fingerprint density at radius 2 is 1.83 bits per heavy atom. The van der Waals surface area contributed by atoms with Gasteiger partial charge in [0.15, 0.2) is 11.9 Å². The van der Waals surface area contributed by atoms with Gasteiger partial charge in [-0.25, -0.2) is 4.79 Å². The summed E-state index contributed by atoms with van der Waals surface area (Å²) in [5.41, 5.74) is 2.08. The summed E-state index contributed by atoms with van der Waals surface area (Å²) >= 11 is 0. The third-order valence-electron chi connectivity index (χ3n) is 4.90. The third kappa shape index (κ3) is 5.31. The van der Waals surface area contributed by atoms with Gasteiger partial charge in [-0.1, -0.05) is 24.3 Å². The van der Waals surface area contributed by atoms with Crippen LogP contribution in [0.5, 0.6) is 0 Å². The van der Waals surface area contributed by atoms with Gasteiger partial charge in [0, 0.05) is 30.8 Å². The molecular formula is C23H24N2O5. The minimum Gasteiger partial charge on any atom is -0.449 e. The van der Waals surface area contributed by atoms with Crippen molar-refractivity contribution < 1.29 is 23.9 Å². The number of hydrogen-bond acceptors (Lipinski definition) is 5. The first-order valence-electron chi connectivity index (χ1n) is 9.83. The summed E-state index contributed by atoms with van der Waals surface area (Å²) in [4.78, 5) is 49.9. The van der Waals surface area contributed by atoms with E-state index in [-0.39, 0.29) is 11.7 Å². The zero-order valence-corrected chi connectivity index (χ0v) is 17.0. The Kier molecular flexibility index (Phi) is 6.61. The maximum Gasteiger partial charge on any atom is 0.338 e. The van der Waals surface area contributed by atoms with Crippen LogP contribution in [0.2, 0.25) is 0 Å². The van der Waals surface area contributed by atoms with Gasteiger partial charge in [-0.05, 0) is 50.1 Å². The smallest absolute Gasteiger partial charge is 0.338 e. The van der Waals surface area contributed by atoms with Gasteiger partial charge >= 0.3 is 5.97 Å². The number of ketones is 1. The van der Waals surface area contributed by atoms with Crippen molar-refractivity contribution in [2.45, 2.75) is 39.3 Å². The van der Waals surface area contributed by atoms with Gasteiger partial charge < -0.3 is 15.0 Å². The molecule has 7 nitrogen and oxygen atoms in total. The van der Waals surface area contributed by atoms with Crippen LogP contribution in [0.1, 0.15) is 53.0 Å². The largest absolute Gasteiger partial charge is 0.449 e. The molecule has 0 spiro atoms. The molecule has 2 aromatic rings. The van der Waals surface area contributed by atoms with E-state index in [4.69, 9.17) is 4.74 Å². The molecule has 1 atom stereocenters. The van der Waals surface area contributed by atoms with Crippen molar-refractivity contribution in [1.82, 2.24) is 4.90 Å². The van der Waals surface area contributed by atoms with E-state index >= 15 is 0 Å². The predicted octanol–water partition coefficient (Wildman–Crippen LogP) is 3.20. The van der Waals surface area contributed by atoms with E-state index in [1.807, 2.05) is 6.07 Å². The number of likely N-dealkylation sites (tertiary alicyclic amines) is 1. The van der Waals surface area contributed by atoms with Crippen molar-refractivity contribution >= 4 is 29.3 Å². The van der Waals surface area contributed by atoms with E-state index < -0.39 is 18.0 Å². The Bertz CT molecular complexity index is 985. The highest BCUT2D eigenvalue weighted by molar-refractivity contribution is 5.99. The lowest BCUT2D eigenvalue weighted by Crippen LogP contribution is -2.30. The molecule has 0 aliphatic carbocycles. The quantitative estimate of drug-likeness (QED) is 0.561. The number of anilines is 1. The molecule has 0 saturated carbocycles. The van der Waals surface area contributed by atoms with Crippen LogP contribution in [0, 0.1) is 0 Å². The molecule has 0 bridgehead atoms. The molecule has 156 valence electrons. The van der Waals surface area contributed by atoms with Crippen LogP contribution in [-0.2, 0) is 20.9 Å².